The number of hydrogen-bond donors (Lipinski definition) is 2. The van der Waals surface area contributed by atoms with Gasteiger partial charge in [0.25, 0.3) is 0 Å². The molecule has 0 radical (unpaired) electrons. The van der Waals surface area contributed by atoms with E-state index in [0.29, 0.717) is 0 Å². The van der Waals surface area contributed by atoms with Gasteiger partial charge in [0.1, 0.15) is 12.6 Å². The number of quaternary nitrogens is 1. The highest BCUT2D eigenvalue weighted by Crippen LogP contribution is 2.13. The fraction of sp³-hybridized carbons (Fsp3) is 0.316. The van der Waals surface area contributed by atoms with E-state index < -0.39 is 9.84 Å². The number of sulfone groups is 1. The van der Waals surface area contributed by atoms with Gasteiger partial charge in [-0.15, -0.1) is 0 Å². The van der Waals surface area contributed by atoms with E-state index in [2.05, 4.69) is 5.32 Å². The van der Waals surface area contributed by atoms with Crippen molar-refractivity contribution >= 4 is 15.7 Å². The molecule has 0 saturated heterocycles. The van der Waals surface area contributed by atoms with E-state index in [1.807, 2.05) is 44.4 Å². The average molecular weight is 361 g/mol. The zero-order chi connectivity index (χ0) is 18.3. The molecule has 6 heteroatoms. The van der Waals surface area contributed by atoms with E-state index in [0.717, 1.165) is 12.1 Å². The summed E-state index contributed by atoms with van der Waals surface area (Å²) in [5.74, 6) is -0.450. The Kier molecular flexibility index (Phi) is 6.73. The maximum absolute atomic E-state index is 12.3. The second-order valence-electron chi connectivity index (χ2n) is 6.32. The smallest absolute Gasteiger partial charge is 0.221 e. The van der Waals surface area contributed by atoms with Crippen molar-refractivity contribution in [1.82, 2.24) is 5.32 Å². The van der Waals surface area contributed by atoms with Gasteiger partial charge in [-0.1, -0.05) is 48.5 Å². The lowest BCUT2D eigenvalue weighted by molar-refractivity contribution is -0.860. The van der Waals surface area contributed by atoms with Crippen molar-refractivity contribution in [2.24, 2.45) is 0 Å². The summed E-state index contributed by atoms with van der Waals surface area (Å²) < 4.78 is 24.6. The van der Waals surface area contributed by atoms with Crippen molar-refractivity contribution in [2.45, 2.75) is 17.4 Å². The predicted molar refractivity (Wildman–Crippen MR) is 98.1 cm³/mol. The normalized spacial score (nSPS) is 12.8. The van der Waals surface area contributed by atoms with Crippen LogP contribution < -0.4 is 10.2 Å². The van der Waals surface area contributed by atoms with Crippen molar-refractivity contribution in [3.63, 3.8) is 0 Å². The first-order valence-corrected chi connectivity index (χ1v) is 9.95. The summed E-state index contributed by atoms with van der Waals surface area (Å²) >= 11 is 0. The Labute approximate surface area is 149 Å². The summed E-state index contributed by atoms with van der Waals surface area (Å²) in [7, 11) is 0.587. The largest absolute Gasteiger partial charge is 0.344 e. The second kappa shape index (κ2) is 8.78. The first kappa shape index (κ1) is 19.1. The van der Waals surface area contributed by atoms with Crippen LogP contribution in [0.5, 0.6) is 0 Å². The molecule has 1 atom stereocenters. The zero-order valence-corrected chi connectivity index (χ0v) is 15.4. The molecule has 1 amide bonds. The number of nitrogens with one attached hydrogen (secondary N) is 2. The van der Waals surface area contributed by atoms with Crippen LogP contribution in [0.4, 0.5) is 0 Å². The Balaban J connectivity index is 1.99. The maximum Gasteiger partial charge on any atom is 0.221 e. The summed E-state index contributed by atoms with van der Waals surface area (Å²) in [5, 5.41) is 2.96. The van der Waals surface area contributed by atoms with Crippen LogP contribution in [-0.4, -0.2) is 40.7 Å². The van der Waals surface area contributed by atoms with Crippen molar-refractivity contribution in [2.75, 3.05) is 26.4 Å². The number of likely N-dealkylation sites (N-methyl/N-ethyl adjacent to an activating group) is 1. The Morgan fingerprint density at radius 2 is 1.56 bits per heavy atom. The molecule has 0 aromatic heterocycles. The van der Waals surface area contributed by atoms with Crippen LogP contribution in [-0.2, 0) is 14.6 Å². The molecule has 0 aliphatic carbocycles. The van der Waals surface area contributed by atoms with Gasteiger partial charge in [0.2, 0.25) is 5.91 Å². The van der Waals surface area contributed by atoms with Crippen LogP contribution in [0.3, 0.4) is 0 Å². The van der Waals surface area contributed by atoms with Crippen molar-refractivity contribution in [3.8, 4) is 0 Å². The third-order valence-corrected chi connectivity index (χ3v) is 5.58. The third-order valence-electron chi connectivity index (χ3n) is 3.85. The van der Waals surface area contributed by atoms with Gasteiger partial charge in [0, 0.05) is 6.42 Å². The SMILES string of the molecule is C[NH+](C)C[C@@H](NC(=O)CCS(=O)(=O)c1ccccc1)c1ccccc1. The summed E-state index contributed by atoms with van der Waals surface area (Å²) in [6.07, 6.45) is -0.0523. The molecule has 0 aliphatic rings. The molecule has 2 rings (SSSR count). The molecule has 2 aromatic carbocycles. The van der Waals surface area contributed by atoms with Crippen molar-refractivity contribution in [1.29, 1.82) is 0 Å². The van der Waals surface area contributed by atoms with Gasteiger partial charge < -0.3 is 10.2 Å². The van der Waals surface area contributed by atoms with Gasteiger partial charge in [-0.2, -0.15) is 0 Å². The van der Waals surface area contributed by atoms with Gasteiger partial charge >= 0.3 is 0 Å². The van der Waals surface area contributed by atoms with Crippen LogP contribution in [0.1, 0.15) is 18.0 Å². The molecule has 0 aliphatic heterocycles. The third kappa shape index (κ3) is 5.99. The Morgan fingerprint density at radius 3 is 2.12 bits per heavy atom. The molecule has 0 saturated carbocycles. The molecule has 0 fully saturated rings. The van der Waals surface area contributed by atoms with Crippen molar-refractivity contribution in [3.05, 3.63) is 66.2 Å². The Bertz CT molecular complexity index is 775. The first-order valence-electron chi connectivity index (χ1n) is 8.29. The first-order chi connectivity index (χ1) is 11.9. The standard InChI is InChI=1S/C19H24N2O3S/c1-21(2)15-18(16-9-5-3-6-10-16)20-19(22)13-14-25(23,24)17-11-7-4-8-12-17/h3-12,18H,13-15H2,1-2H3,(H,20,22)/p+1/t18-/m1/s1. The minimum Gasteiger partial charge on any atom is -0.344 e. The lowest BCUT2D eigenvalue weighted by Gasteiger charge is -2.21. The van der Waals surface area contributed by atoms with Gasteiger partial charge in [0.05, 0.1) is 24.7 Å². The molecule has 2 N–H and O–H groups in total. The summed E-state index contributed by atoms with van der Waals surface area (Å²) in [5.41, 5.74) is 1.02. The summed E-state index contributed by atoms with van der Waals surface area (Å²) in [6, 6.07) is 17.8. The van der Waals surface area contributed by atoms with Crippen molar-refractivity contribution < 1.29 is 18.1 Å². The molecular weight excluding hydrogens is 336 g/mol. The van der Waals surface area contributed by atoms with Gasteiger partial charge in [-0.3, -0.25) is 4.79 Å². The fourth-order valence-corrected chi connectivity index (χ4v) is 3.85. The van der Waals surface area contributed by atoms with E-state index in [1.54, 1.807) is 30.3 Å². The molecule has 0 heterocycles. The molecule has 0 spiro atoms. The zero-order valence-electron chi connectivity index (χ0n) is 14.6. The lowest BCUT2D eigenvalue weighted by Crippen LogP contribution is -3.06. The number of carbonyl (C=O) groups is 1. The summed E-state index contributed by atoms with van der Waals surface area (Å²) in [4.78, 5) is 13.8. The molecule has 0 unspecified atom stereocenters. The van der Waals surface area contributed by atoms with Crippen LogP contribution in [0, 0.1) is 0 Å². The molecular formula is C19H25N2O3S+. The highest BCUT2D eigenvalue weighted by molar-refractivity contribution is 7.91. The maximum atomic E-state index is 12.3. The predicted octanol–water partition coefficient (Wildman–Crippen LogP) is 0.852. The average Bonchev–Trinajstić information content (AvgIpc) is 2.61. The van der Waals surface area contributed by atoms with E-state index in [4.69, 9.17) is 0 Å². The molecule has 134 valence electrons. The molecule has 0 bridgehead atoms. The minimum atomic E-state index is -3.44. The summed E-state index contributed by atoms with van der Waals surface area (Å²) in [6.45, 7) is 0.723. The van der Waals surface area contributed by atoms with E-state index in [-0.39, 0.29) is 29.0 Å². The molecule has 25 heavy (non-hydrogen) atoms. The van der Waals surface area contributed by atoms with E-state index in [9.17, 15) is 13.2 Å². The lowest BCUT2D eigenvalue weighted by atomic mass is 10.1. The monoisotopic (exact) mass is 361 g/mol. The van der Waals surface area contributed by atoms with Crippen LogP contribution >= 0.6 is 0 Å². The van der Waals surface area contributed by atoms with Crippen LogP contribution in [0.25, 0.3) is 0 Å². The van der Waals surface area contributed by atoms with Crippen LogP contribution in [0.15, 0.2) is 65.6 Å². The Hall–Kier alpha value is -2.18. The number of benzene rings is 2. The second-order valence-corrected chi connectivity index (χ2v) is 8.43. The van der Waals surface area contributed by atoms with E-state index in [1.165, 1.54) is 4.90 Å². The minimum absolute atomic E-state index is 0.0523. The highest BCUT2D eigenvalue weighted by atomic mass is 32.2. The molecule has 5 nitrogen and oxygen atoms in total. The van der Waals surface area contributed by atoms with Gasteiger partial charge in [-0.05, 0) is 17.7 Å². The van der Waals surface area contributed by atoms with E-state index >= 15 is 0 Å². The fourth-order valence-electron chi connectivity index (χ4n) is 2.59. The number of carbonyl (C=O) groups excluding carboxylic acids is 1. The van der Waals surface area contributed by atoms with Crippen LogP contribution in [0.2, 0.25) is 0 Å². The number of hydrogen-bond acceptors (Lipinski definition) is 3. The highest BCUT2D eigenvalue weighted by Gasteiger charge is 2.20. The number of amides is 1. The van der Waals surface area contributed by atoms with Gasteiger partial charge in [-0.25, -0.2) is 8.42 Å². The topological polar surface area (TPSA) is 67.7 Å². The Morgan fingerprint density at radius 1 is 1.00 bits per heavy atom. The number of rotatable bonds is 8. The molecule has 2 aromatic rings. The van der Waals surface area contributed by atoms with Gasteiger partial charge in [0.15, 0.2) is 9.84 Å². The quantitative estimate of drug-likeness (QED) is 0.733.